The van der Waals surface area contributed by atoms with Gasteiger partial charge in [-0.25, -0.2) is 17.8 Å². The quantitative estimate of drug-likeness (QED) is 0.396. The molecule has 0 aliphatic carbocycles. The van der Waals surface area contributed by atoms with E-state index in [4.69, 9.17) is 11.6 Å². The first kappa shape index (κ1) is 24.8. The molecule has 10 heteroatoms. The molecule has 180 valence electrons. The van der Waals surface area contributed by atoms with E-state index in [0.29, 0.717) is 23.5 Å². The number of carbonyl (C=O) groups is 1. The number of anilines is 1. The molecule has 3 aromatic rings. The minimum absolute atomic E-state index is 0.0367. The third-order valence-corrected chi connectivity index (χ3v) is 8.67. The van der Waals surface area contributed by atoms with Crippen LogP contribution >= 0.6 is 22.9 Å². The first-order valence-corrected chi connectivity index (χ1v) is 13.8. The molecule has 2 heterocycles. The van der Waals surface area contributed by atoms with Crippen molar-refractivity contribution in [3.63, 3.8) is 0 Å². The fourth-order valence-electron chi connectivity index (χ4n) is 4.22. The second-order valence-electron chi connectivity index (χ2n) is 8.52. The summed E-state index contributed by atoms with van der Waals surface area (Å²) >= 11 is 7.73. The van der Waals surface area contributed by atoms with Gasteiger partial charge in [0.25, 0.3) is 0 Å². The van der Waals surface area contributed by atoms with Crippen molar-refractivity contribution in [3.05, 3.63) is 74.9 Å². The Hall–Kier alpha value is -2.33. The van der Waals surface area contributed by atoms with E-state index in [9.17, 15) is 17.6 Å². The lowest BCUT2D eigenvalue weighted by Gasteiger charge is -2.28. The van der Waals surface area contributed by atoms with Gasteiger partial charge in [-0.3, -0.25) is 9.69 Å². The van der Waals surface area contributed by atoms with Crippen LogP contribution in [0.25, 0.3) is 0 Å². The molecule has 1 aromatic heterocycles. The number of rotatable bonds is 8. The number of carbonyl (C=O) groups excluding carboxylic acids is 1. The van der Waals surface area contributed by atoms with Crippen molar-refractivity contribution in [1.29, 1.82) is 0 Å². The van der Waals surface area contributed by atoms with Crippen LogP contribution in [0.4, 0.5) is 10.1 Å². The molecule has 4 rings (SSSR count). The molecule has 0 amide bonds. The zero-order chi connectivity index (χ0) is 24.5. The van der Waals surface area contributed by atoms with E-state index in [1.165, 1.54) is 29.0 Å². The molecular formula is C24H25ClFN3O3S2. The molecule has 1 saturated heterocycles. The number of likely N-dealkylation sites (tertiary alicyclic amines) is 1. The smallest absolute Gasteiger partial charge is 0.187 e. The summed E-state index contributed by atoms with van der Waals surface area (Å²) in [5, 5.41) is 1.81. The standard InChI is InChI=1S/C24H25ClFN3O3S2/c1-16(30)18-5-3-4-17(8-18)11-29-7-6-20(12-29)28(2)23-10-22(26)24(9-21(23)25)34(31,32)14-19-13-33-15-27-19/h3-5,8-10,13,15,20H,6-7,11-12,14H2,1-2H3/t20-/m0/s1. The van der Waals surface area contributed by atoms with Gasteiger partial charge in [0.1, 0.15) is 10.7 Å². The number of Topliss-reactive ketones (excluding diaryl/α,β-unsaturated/α-hetero) is 1. The van der Waals surface area contributed by atoms with Crippen molar-refractivity contribution < 1.29 is 17.6 Å². The molecule has 2 aromatic carbocycles. The Labute approximate surface area is 207 Å². The van der Waals surface area contributed by atoms with Crippen LogP contribution < -0.4 is 4.90 Å². The number of thiazole rings is 1. The maximum Gasteiger partial charge on any atom is 0.187 e. The number of likely N-dealkylation sites (N-methyl/N-ethyl adjacent to an activating group) is 1. The van der Waals surface area contributed by atoms with Crippen molar-refractivity contribution in [2.45, 2.75) is 36.6 Å². The van der Waals surface area contributed by atoms with Gasteiger partial charge >= 0.3 is 0 Å². The zero-order valence-electron chi connectivity index (χ0n) is 18.9. The molecule has 0 saturated carbocycles. The van der Waals surface area contributed by atoms with E-state index in [2.05, 4.69) is 9.88 Å². The topological polar surface area (TPSA) is 70.6 Å². The maximum absolute atomic E-state index is 14.9. The molecular weight excluding hydrogens is 497 g/mol. The average molecular weight is 522 g/mol. The predicted molar refractivity (Wildman–Crippen MR) is 133 cm³/mol. The third kappa shape index (κ3) is 5.49. The van der Waals surface area contributed by atoms with Crippen molar-refractivity contribution >= 4 is 44.2 Å². The van der Waals surface area contributed by atoms with E-state index in [1.54, 1.807) is 12.3 Å². The van der Waals surface area contributed by atoms with Crippen LogP contribution in [0.1, 0.15) is 35.0 Å². The van der Waals surface area contributed by atoms with Crippen LogP contribution in [0.3, 0.4) is 0 Å². The highest BCUT2D eigenvalue weighted by atomic mass is 35.5. The van der Waals surface area contributed by atoms with E-state index in [1.807, 2.05) is 36.2 Å². The van der Waals surface area contributed by atoms with Crippen molar-refractivity contribution in [3.8, 4) is 0 Å². The molecule has 1 aliphatic heterocycles. The molecule has 0 bridgehead atoms. The first-order valence-electron chi connectivity index (χ1n) is 10.8. The van der Waals surface area contributed by atoms with Gasteiger partial charge in [0.2, 0.25) is 0 Å². The highest BCUT2D eigenvalue weighted by molar-refractivity contribution is 7.90. The summed E-state index contributed by atoms with van der Waals surface area (Å²) in [7, 11) is -2.08. The fourth-order valence-corrected chi connectivity index (χ4v) is 6.61. The summed E-state index contributed by atoms with van der Waals surface area (Å²) in [6.07, 6.45) is 0.852. The van der Waals surface area contributed by atoms with E-state index < -0.39 is 20.5 Å². The lowest BCUT2D eigenvalue weighted by Crippen LogP contribution is -2.34. The Morgan fingerprint density at radius 2 is 2.12 bits per heavy atom. The second-order valence-corrected chi connectivity index (χ2v) is 11.6. The van der Waals surface area contributed by atoms with Gasteiger partial charge in [-0.1, -0.05) is 29.8 Å². The lowest BCUT2D eigenvalue weighted by atomic mass is 10.1. The summed E-state index contributed by atoms with van der Waals surface area (Å²) in [6, 6.07) is 10.1. The first-order chi connectivity index (χ1) is 16.1. The highest BCUT2D eigenvalue weighted by Gasteiger charge is 2.29. The average Bonchev–Trinajstić information content (AvgIpc) is 3.46. The molecule has 1 fully saturated rings. The Morgan fingerprint density at radius 1 is 1.32 bits per heavy atom. The van der Waals surface area contributed by atoms with E-state index in [0.717, 1.165) is 25.1 Å². The minimum atomic E-state index is -3.92. The number of aromatic nitrogens is 1. The highest BCUT2D eigenvalue weighted by Crippen LogP contribution is 2.34. The number of hydrogen-bond donors (Lipinski definition) is 0. The summed E-state index contributed by atoms with van der Waals surface area (Å²) in [4.78, 5) is 19.4. The van der Waals surface area contributed by atoms with Crippen LogP contribution in [0, 0.1) is 5.82 Å². The summed E-state index contributed by atoms with van der Waals surface area (Å²) < 4.78 is 40.4. The van der Waals surface area contributed by atoms with Crippen molar-refractivity contribution in [1.82, 2.24) is 9.88 Å². The Kier molecular flexibility index (Phi) is 7.37. The second kappa shape index (κ2) is 10.1. The number of hydrogen-bond acceptors (Lipinski definition) is 7. The van der Waals surface area contributed by atoms with Gasteiger partial charge in [-0.15, -0.1) is 11.3 Å². The van der Waals surface area contributed by atoms with Gasteiger partial charge in [-0.2, -0.15) is 0 Å². The van der Waals surface area contributed by atoms with E-state index >= 15 is 0 Å². The number of nitrogens with zero attached hydrogens (tertiary/aromatic N) is 3. The molecule has 34 heavy (non-hydrogen) atoms. The zero-order valence-corrected chi connectivity index (χ0v) is 21.3. The summed E-state index contributed by atoms with van der Waals surface area (Å²) in [6.45, 7) is 3.85. The molecule has 1 atom stereocenters. The molecule has 0 N–H and O–H groups in total. The molecule has 0 unspecified atom stereocenters. The predicted octanol–water partition coefficient (Wildman–Crippen LogP) is 4.82. The Balaban J connectivity index is 1.47. The minimum Gasteiger partial charge on any atom is -0.369 e. The van der Waals surface area contributed by atoms with Crippen molar-refractivity contribution in [2.75, 3.05) is 25.0 Å². The number of sulfone groups is 1. The van der Waals surface area contributed by atoms with Gasteiger partial charge in [0.05, 0.1) is 27.7 Å². The number of ketones is 1. The Morgan fingerprint density at radius 3 is 2.82 bits per heavy atom. The summed E-state index contributed by atoms with van der Waals surface area (Å²) in [5.74, 6) is -1.16. The van der Waals surface area contributed by atoms with Crippen LogP contribution in [0.2, 0.25) is 5.02 Å². The van der Waals surface area contributed by atoms with Gasteiger partial charge in [0, 0.05) is 49.7 Å². The van der Waals surface area contributed by atoms with E-state index in [-0.39, 0.29) is 22.6 Å². The van der Waals surface area contributed by atoms with Gasteiger partial charge in [0.15, 0.2) is 15.6 Å². The van der Waals surface area contributed by atoms with Crippen molar-refractivity contribution in [2.24, 2.45) is 0 Å². The maximum atomic E-state index is 14.9. The van der Waals surface area contributed by atoms with Gasteiger partial charge < -0.3 is 4.90 Å². The van der Waals surface area contributed by atoms with Crippen LogP contribution in [-0.2, 0) is 22.1 Å². The SMILES string of the molecule is CC(=O)c1cccc(CN2CC[C@H](N(C)c3cc(F)c(S(=O)(=O)Cc4cscn4)cc3Cl)C2)c1. The monoisotopic (exact) mass is 521 g/mol. The largest absolute Gasteiger partial charge is 0.369 e. The molecule has 0 spiro atoms. The number of benzene rings is 2. The Bertz CT molecular complexity index is 1300. The van der Waals surface area contributed by atoms with Crippen LogP contribution in [-0.4, -0.2) is 50.3 Å². The normalized spacial score (nSPS) is 16.6. The number of halogens is 2. The molecule has 0 radical (unpaired) electrons. The van der Waals surface area contributed by atoms with Gasteiger partial charge in [-0.05, 0) is 31.0 Å². The fraction of sp³-hybridized carbons (Fsp3) is 0.333. The molecule has 1 aliphatic rings. The summed E-state index contributed by atoms with van der Waals surface area (Å²) in [5.41, 5.74) is 4.13. The van der Waals surface area contributed by atoms with Crippen LogP contribution in [0.5, 0.6) is 0 Å². The lowest BCUT2D eigenvalue weighted by molar-refractivity contribution is 0.101. The third-order valence-electron chi connectivity index (χ3n) is 6.07. The molecule has 6 nitrogen and oxygen atoms in total. The van der Waals surface area contributed by atoms with Crippen LogP contribution in [0.15, 0.2) is 52.2 Å².